The first-order chi connectivity index (χ1) is 12.4. The number of hydrogen-bond acceptors (Lipinski definition) is 7. The number of carbonyl (C=O) groups excluding carboxylic acids is 2. The highest BCUT2D eigenvalue weighted by molar-refractivity contribution is 5.97. The van der Waals surface area contributed by atoms with Crippen molar-refractivity contribution in [2.75, 3.05) is 25.5 Å². The normalized spacial score (nSPS) is 18.8. The predicted molar refractivity (Wildman–Crippen MR) is 93.5 cm³/mol. The van der Waals surface area contributed by atoms with E-state index in [2.05, 4.69) is 26.5 Å². The van der Waals surface area contributed by atoms with Crippen molar-refractivity contribution < 1.29 is 19.5 Å². The Kier molecular flexibility index (Phi) is 4.92. The molecule has 5 N–H and O–H groups in total. The first-order valence-corrected chi connectivity index (χ1v) is 8.15. The molecule has 0 aliphatic carbocycles. The van der Waals surface area contributed by atoms with E-state index in [1.165, 1.54) is 4.90 Å². The zero-order valence-electron chi connectivity index (χ0n) is 14.2. The zero-order chi connectivity index (χ0) is 18.7. The van der Waals surface area contributed by atoms with E-state index in [-0.39, 0.29) is 24.8 Å². The molecule has 10 nitrogen and oxygen atoms in total. The number of guanidine groups is 1. The largest absolute Gasteiger partial charge is 0.481 e. The van der Waals surface area contributed by atoms with Crippen LogP contribution < -0.4 is 21.5 Å². The summed E-state index contributed by atoms with van der Waals surface area (Å²) in [4.78, 5) is 41.1. The summed E-state index contributed by atoms with van der Waals surface area (Å²) >= 11 is 0. The molecule has 3 rings (SSSR count). The third-order valence-electron chi connectivity index (χ3n) is 4.13. The van der Waals surface area contributed by atoms with Gasteiger partial charge in [-0.15, -0.1) is 0 Å². The van der Waals surface area contributed by atoms with Gasteiger partial charge in [0.05, 0.1) is 13.0 Å². The van der Waals surface area contributed by atoms with Crippen molar-refractivity contribution in [1.29, 1.82) is 0 Å². The number of benzene rings is 1. The summed E-state index contributed by atoms with van der Waals surface area (Å²) in [5.74, 6) is -1.19. The Hall–Kier alpha value is -3.30. The van der Waals surface area contributed by atoms with Gasteiger partial charge in [0.1, 0.15) is 6.04 Å². The molecule has 10 heteroatoms. The number of aliphatic imine (C=N–C) groups is 1. The topological polar surface area (TPSA) is 135 Å². The Bertz CT molecular complexity index is 778. The van der Waals surface area contributed by atoms with Gasteiger partial charge in [-0.1, -0.05) is 0 Å². The number of likely N-dealkylation sites (N-methyl/N-ethyl adjacent to an activating group) is 1. The van der Waals surface area contributed by atoms with Gasteiger partial charge in [-0.2, -0.15) is 0 Å². The van der Waals surface area contributed by atoms with Crippen molar-refractivity contribution in [3.8, 4) is 0 Å². The summed E-state index contributed by atoms with van der Waals surface area (Å²) in [7, 11) is 1.60. The van der Waals surface area contributed by atoms with E-state index in [0.29, 0.717) is 23.8 Å². The molecule has 1 aromatic carbocycles. The molecule has 0 spiro atoms. The van der Waals surface area contributed by atoms with Crippen LogP contribution in [0.5, 0.6) is 0 Å². The fourth-order valence-electron chi connectivity index (χ4n) is 2.84. The van der Waals surface area contributed by atoms with E-state index in [1.54, 1.807) is 25.2 Å². The lowest BCUT2D eigenvalue weighted by Gasteiger charge is -2.19. The van der Waals surface area contributed by atoms with E-state index < -0.39 is 12.0 Å². The molecule has 138 valence electrons. The molecular formula is C16H20N6O4. The van der Waals surface area contributed by atoms with Crippen molar-refractivity contribution in [1.82, 2.24) is 21.1 Å². The molecule has 0 bridgehead atoms. The maximum absolute atomic E-state index is 12.3. The second-order valence-electron chi connectivity index (χ2n) is 6.10. The quantitative estimate of drug-likeness (QED) is 0.441. The number of hydrogen-bond donors (Lipinski definition) is 5. The van der Waals surface area contributed by atoms with Crippen LogP contribution in [0.15, 0.2) is 23.2 Å². The van der Waals surface area contributed by atoms with Crippen molar-refractivity contribution in [2.24, 2.45) is 4.99 Å². The first kappa shape index (κ1) is 17.5. The molecule has 0 fully saturated rings. The van der Waals surface area contributed by atoms with Crippen LogP contribution in [0, 0.1) is 0 Å². The Morgan fingerprint density at radius 3 is 2.92 bits per heavy atom. The lowest BCUT2D eigenvalue weighted by Crippen LogP contribution is -2.46. The molecule has 0 saturated heterocycles. The van der Waals surface area contributed by atoms with Crippen molar-refractivity contribution >= 4 is 29.4 Å². The summed E-state index contributed by atoms with van der Waals surface area (Å²) in [6.45, 7) is 1.65. The summed E-state index contributed by atoms with van der Waals surface area (Å²) in [5.41, 5.74) is 7.05. The number of anilines is 1. The van der Waals surface area contributed by atoms with Gasteiger partial charge in [-0.3, -0.25) is 30.2 Å². The van der Waals surface area contributed by atoms with Crippen molar-refractivity contribution in [3.05, 3.63) is 29.3 Å². The number of carbonyl (C=O) groups is 3. The van der Waals surface area contributed by atoms with Gasteiger partial charge in [-0.05, 0) is 23.8 Å². The molecule has 0 radical (unpaired) electrons. The fraction of sp³-hybridized carbons (Fsp3) is 0.375. The summed E-state index contributed by atoms with van der Waals surface area (Å²) in [6, 6.07) is 4.12. The molecule has 1 atom stereocenters. The number of rotatable bonds is 3. The maximum atomic E-state index is 12.3. The van der Waals surface area contributed by atoms with Crippen LogP contribution in [0.25, 0.3) is 0 Å². The molecule has 26 heavy (non-hydrogen) atoms. The van der Waals surface area contributed by atoms with Crippen LogP contribution in [0.4, 0.5) is 5.69 Å². The number of amides is 2. The summed E-state index contributed by atoms with van der Waals surface area (Å²) in [5, 5.41) is 14.9. The first-order valence-electron chi connectivity index (χ1n) is 8.15. The van der Waals surface area contributed by atoms with Gasteiger partial charge in [-0.25, -0.2) is 0 Å². The van der Waals surface area contributed by atoms with Crippen LogP contribution >= 0.6 is 0 Å². The van der Waals surface area contributed by atoms with Gasteiger partial charge in [0.25, 0.3) is 5.91 Å². The Labute approximate surface area is 149 Å². The Balaban J connectivity index is 1.75. The zero-order valence-corrected chi connectivity index (χ0v) is 14.2. The summed E-state index contributed by atoms with van der Waals surface area (Å²) in [6.07, 6.45) is -0.316. The fourth-order valence-corrected chi connectivity index (χ4v) is 2.84. The molecule has 0 saturated carbocycles. The van der Waals surface area contributed by atoms with Crippen molar-refractivity contribution in [2.45, 2.75) is 19.0 Å². The minimum Gasteiger partial charge on any atom is -0.481 e. The van der Waals surface area contributed by atoms with Gasteiger partial charge < -0.3 is 20.6 Å². The van der Waals surface area contributed by atoms with E-state index in [4.69, 9.17) is 5.11 Å². The molecule has 1 unspecified atom stereocenters. The molecular weight excluding hydrogens is 340 g/mol. The van der Waals surface area contributed by atoms with Crippen LogP contribution in [0.3, 0.4) is 0 Å². The Morgan fingerprint density at radius 2 is 2.23 bits per heavy atom. The van der Waals surface area contributed by atoms with Gasteiger partial charge in [0, 0.05) is 31.4 Å². The predicted octanol–water partition coefficient (Wildman–Crippen LogP) is -0.893. The van der Waals surface area contributed by atoms with Crippen LogP contribution in [0.1, 0.15) is 22.3 Å². The second-order valence-corrected chi connectivity index (χ2v) is 6.10. The molecule has 2 amide bonds. The van der Waals surface area contributed by atoms with E-state index in [0.717, 1.165) is 12.1 Å². The lowest BCUT2D eigenvalue weighted by molar-refractivity contribution is -0.141. The third-order valence-corrected chi connectivity index (χ3v) is 4.13. The van der Waals surface area contributed by atoms with Gasteiger partial charge >= 0.3 is 5.97 Å². The minimum absolute atomic E-state index is 0.278. The smallest absolute Gasteiger partial charge is 0.305 e. The van der Waals surface area contributed by atoms with Crippen LogP contribution in [0.2, 0.25) is 0 Å². The van der Waals surface area contributed by atoms with Crippen molar-refractivity contribution in [3.63, 3.8) is 0 Å². The molecule has 2 heterocycles. The van der Waals surface area contributed by atoms with Crippen LogP contribution in [-0.4, -0.2) is 59.9 Å². The third kappa shape index (κ3) is 3.85. The highest BCUT2D eigenvalue weighted by Gasteiger charge is 2.29. The van der Waals surface area contributed by atoms with Gasteiger partial charge in [0.15, 0.2) is 0 Å². The number of carboxylic acid groups (broad SMARTS) is 1. The Morgan fingerprint density at radius 1 is 1.42 bits per heavy atom. The monoisotopic (exact) mass is 360 g/mol. The number of fused-ring (bicyclic) bond motifs is 1. The maximum Gasteiger partial charge on any atom is 0.305 e. The molecule has 0 aromatic heterocycles. The average molecular weight is 360 g/mol. The number of carboxylic acids is 1. The summed E-state index contributed by atoms with van der Waals surface area (Å²) < 4.78 is 0. The van der Waals surface area contributed by atoms with E-state index in [9.17, 15) is 14.4 Å². The lowest BCUT2D eigenvalue weighted by atomic mass is 10.1. The second kappa shape index (κ2) is 7.30. The van der Waals surface area contributed by atoms with Crippen LogP contribution in [-0.2, 0) is 16.1 Å². The van der Waals surface area contributed by atoms with E-state index >= 15 is 0 Å². The molecule has 2 aliphatic heterocycles. The number of nitrogens with zero attached hydrogens (tertiary/aromatic N) is 2. The van der Waals surface area contributed by atoms with Gasteiger partial charge in [0.2, 0.25) is 11.9 Å². The number of aliphatic carboxylic acids is 1. The average Bonchev–Trinajstić information content (AvgIpc) is 3.09. The number of hydrazine groups is 1. The SMILES string of the molecule is CN1Cc2cc(C(=O)NNC3=NCCN3)ccc2NC(CC(=O)O)C1=O. The highest BCUT2D eigenvalue weighted by Crippen LogP contribution is 2.24. The minimum atomic E-state index is -1.06. The standard InChI is InChI=1S/C16H20N6O4/c1-22-8-10-6-9(14(25)20-21-16-17-4-5-18-16)2-3-11(10)19-12(15(22)26)7-13(23)24/h2-3,6,12,19H,4-5,7-8H2,1H3,(H,20,25)(H,23,24)(H2,17,18,21). The van der Waals surface area contributed by atoms with E-state index in [1.807, 2.05) is 0 Å². The number of nitrogens with one attached hydrogen (secondary N) is 4. The highest BCUT2D eigenvalue weighted by atomic mass is 16.4. The molecule has 1 aromatic rings. The molecule has 2 aliphatic rings.